The summed E-state index contributed by atoms with van der Waals surface area (Å²) in [6.45, 7) is 0.848. The Morgan fingerprint density at radius 1 is 1.50 bits per heavy atom. The molecule has 0 atom stereocenters. The average molecular weight is 133 g/mol. The lowest BCUT2D eigenvalue weighted by atomic mass is 10.6. The maximum absolute atomic E-state index is 10.5. The molecule has 0 aromatic carbocycles. The van der Waals surface area contributed by atoms with Crippen LogP contribution in [0.2, 0.25) is 0 Å². The molecule has 0 amide bonds. The Hall–Kier alpha value is -0.0900. The number of nitrogens with zero attached hydrogens (tertiary/aromatic N) is 1. The Kier molecular flexibility index (Phi) is 1.53. The van der Waals surface area contributed by atoms with E-state index in [0.29, 0.717) is 13.1 Å². The molecule has 1 aliphatic heterocycles. The van der Waals surface area contributed by atoms with Crippen molar-refractivity contribution in [1.29, 1.82) is 0 Å². The van der Waals surface area contributed by atoms with Crippen LogP contribution >= 0.6 is 0 Å². The maximum atomic E-state index is 10.5. The van der Waals surface area contributed by atoms with Gasteiger partial charge in [-0.3, -0.25) is 0 Å². The Bertz CT molecular complexity index is 149. The normalized spacial score (nSPS) is 27.5. The molecule has 0 aliphatic carbocycles. The molecule has 0 saturated carbocycles. The molecule has 1 fully saturated rings. The minimum Gasteiger partial charge on any atom is -0.239 e. The summed E-state index contributed by atoms with van der Waals surface area (Å²) < 4.78 is 21.1. The quantitative estimate of drug-likeness (QED) is 0.433. The van der Waals surface area contributed by atoms with Crippen molar-refractivity contribution in [2.75, 3.05) is 18.8 Å². The van der Waals surface area contributed by atoms with E-state index in [1.54, 1.807) is 0 Å². The monoisotopic (exact) mass is 133 g/mol. The third-order valence-electron chi connectivity index (χ3n) is 0.991. The van der Waals surface area contributed by atoms with Gasteiger partial charge >= 0.3 is 0 Å². The lowest BCUT2D eigenvalue weighted by Crippen LogP contribution is -2.27. The zero-order valence-corrected chi connectivity index (χ0v) is 5.19. The molecule has 46 valence electrons. The van der Waals surface area contributed by atoms with E-state index in [1.807, 2.05) is 0 Å². The van der Waals surface area contributed by atoms with Gasteiger partial charge in [-0.1, -0.05) is 0 Å². The highest BCUT2D eigenvalue weighted by molar-refractivity contribution is 7.93. The van der Waals surface area contributed by atoms with Gasteiger partial charge in [0.1, 0.15) is 0 Å². The summed E-state index contributed by atoms with van der Waals surface area (Å²) >= 11 is 0. The fourth-order valence-electron chi connectivity index (χ4n) is 0.533. The zero-order valence-electron chi connectivity index (χ0n) is 4.37. The van der Waals surface area contributed by atoms with Gasteiger partial charge in [-0.2, -0.15) is 0 Å². The highest BCUT2D eigenvalue weighted by Crippen LogP contribution is 1.98. The molecule has 8 heavy (non-hydrogen) atoms. The summed E-state index contributed by atoms with van der Waals surface area (Å²) in [6.07, 6.45) is 0. The molecule has 1 saturated heterocycles. The van der Waals surface area contributed by atoms with Crippen LogP contribution in [0, 0.1) is 5.75 Å². The van der Waals surface area contributed by atoms with Crippen LogP contribution in [0.5, 0.6) is 0 Å². The molecule has 4 heteroatoms. The van der Waals surface area contributed by atoms with Crippen molar-refractivity contribution in [2.24, 2.45) is 0 Å². The van der Waals surface area contributed by atoms with Crippen molar-refractivity contribution in [2.45, 2.75) is 0 Å². The van der Waals surface area contributed by atoms with E-state index in [1.165, 1.54) is 5.75 Å². The molecule has 0 bridgehead atoms. The van der Waals surface area contributed by atoms with Crippen molar-refractivity contribution in [3.63, 3.8) is 0 Å². The lowest BCUT2D eigenvalue weighted by Gasteiger charge is -2.08. The van der Waals surface area contributed by atoms with Crippen LogP contribution in [0.25, 0.3) is 0 Å². The van der Waals surface area contributed by atoms with Crippen molar-refractivity contribution < 1.29 is 8.42 Å². The van der Waals surface area contributed by atoms with Crippen LogP contribution in [0.1, 0.15) is 0 Å². The van der Waals surface area contributed by atoms with Crippen LogP contribution in [0.3, 0.4) is 0 Å². The summed E-state index contributed by atoms with van der Waals surface area (Å²) in [4.78, 5) is 0. The molecule has 1 aliphatic rings. The van der Waals surface area contributed by atoms with Crippen LogP contribution < -0.4 is 5.32 Å². The van der Waals surface area contributed by atoms with Gasteiger partial charge < -0.3 is 0 Å². The molecule has 0 unspecified atom stereocenters. The van der Waals surface area contributed by atoms with Gasteiger partial charge in [0.05, 0.1) is 11.5 Å². The second-order valence-electron chi connectivity index (χ2n) is 1.66. The average Bonchev–Trinajstić information content (AvgIpc) is 1.65. The summed E-state index contributed by atoms with van der Waals surface area (Å²) in [5.74, 6) is 1.46. The van der Waals surface area contributed by atoms with E-state index in [4.69, 9.17) is 0 Å². The second-order valence-corrected chi connectivity index (χ2v) is 3.73. The molecule has 0 N–H and O–H groups in total. The van der Waals surface area contributed by atoms with Crippen molar-refractivity contribution >= 4 is 9.84 Å². The predicted octanol–water partition coefficient (Wildman–Crippen LogP) is -0.819. The van der Waals surface area contributed by atoms with Gasteiger partial charge in [-0.15, -0.1) is 0 Å². The van der Waals surface area contributed by atoms with Crippen LogP contribution in [-0.2, 0) is 9.84 Å². The van der Waals surface area contributed by atoms with E-state index in [0.717, 1.165) is 0 Å². The summed E-state index contributed by atoms with van der Waals surface area (Å²) in [7, 11) is -2.80. The Morgan fingerprint density at radius 3 is 2.50 bits per heavy atom. The summed E-state index contributed by atoms with van der Waals surface area (Å²) in [6, 6.07) is 0. The number of hydrogen-bond acceptors (Lipinski definition) is 2. The topological polar surface area (TPSA) is 48.2 Å². The van der Waals surface area contributed by atoms with Crippen LogP contribution in [0.15, 0.2) is 0 Å². The lowest BCUT2D eigenvalue weighted by molar-refractivity contribution is 0.586. The van der Waals surface area contributed by atoms with Crippen molar-refractivity contribution in [3.8, 4) is 0 Å². The first kappa shape index (κ1) is 6.04. The largest absolute Gasteiger partial charge is 0.239 e. The number of hydrogen-bond donors (Lipinski definition) is 0. The van der Waals surface area contributed by atoms with E-state index >= 15 is 0 Å². The molecule has 0 aromatic heterocycles. The Labute approximate surface area is 49.0 Å². The van der Waals surface area contributed by atoms with E-state index < -0.39 is 9.84 Å². The van der Waals surface area contributed by atoms with E-state index in [2.05, 4.69) is 5.32 Å². The SMILES string of the molecule is O=S1(=O)[CH]C[N]CC1. The van der Waals surface area contributed by atoms with Crippen LogP contribution in [0.4, 0.5) is 0 Å². The van der Waals surface area contributed by atoms with Crippen molar-refractivity contribution in [1.82, 2.24) is 5.32 Å². The third kappa shape index (κ3) is 1.45. The molecule has 1 heterocycles. The third-order valence-corrected chi connectivity index (χ3v) is 2.40. The van der Waals surface area contributed by atoms with Gasteiger partial charge in [0.25, 0.3) is 0 Å². The van der Waals surface area contributed by atoms with Gasteiger partial charge in [0.2, 0.25) is 0 Å². The molecular formula is C4H7NO2S. The molecule has 3 nitrogen and oxygen atoms in total. The highest BCUT2D eigenvalue weighted by atomic mass is 32.2. The standard InChI is InChI=1S/C4H7NO2S/c6-8(7)3-1-5-2-4-8/h3H,1-2,4H2. The first-order chi connectivity index (χ1) is 3.71. The molecular weight excluding hydrogens is 126 g/mol. The predicted molar refractivity (Wildman–Crippen MR) is 30.0 cm³/mol. The van der Waals surface area contributed by atoms with E-state index in [9.17, 15) is 8.42 Å². The highest BCUT2D eigenvalue weighted by Gasteiger charge is 2.15. The minimum atomic E-state index is -2.80. The van der Waals surface area contributed by atoms with Gasteiger partial charge in [0, 0.05) is 13.1 Å². The van der Waals surface area contributed by atoms with Gasteiger partial charge in [-0.25, -0.2) is 13.7 Å². The Balaban J connectivity index is 2.58. The molecule has 0 aromatic rings. The Morgan fingerprint density at radius 2 is 2.25 bits per heavy atom. The smallest absolute Gasteiger partial charge is 0.157 e. The first-order valence-corrected chi connectivity index (χ1v) is 4.11. The van der Waals surface area contributed by atoms with Crippen molar-refractivity contribution in [3.05, 3.63) is 5.75 Å². The fraction of sp³-hybridized carbons (Fsp3) is 0.750. The summed E-state index contributed by atoms with van der Waals surface area (Å²) in [5.41, 5.74) is 0. The molecule has 0 spiro atoms. The van der Waals surface area contributed by atoms with Gasteiger partial charge in [0.15, 0.2) is 9.84 Å². The van der Waals surface area contributed by atoms with E-state index in [-0.39, 0.29) is 5.75 Å². The molecule has 1 rings (SSSR count). The fourth-order valence-corrected chi connectivity index (χ4v) is 1.42. The van der Waals surface area contributed by atoms with Gasteiger partial charge in [-0.05, 0) is 0 Å². The van der Waals surface area contributed by atoms with Crippen LogP contribution in [-0.4, -0.2) is 27.3 Å². The minimum absolute atomic E-state index is 0.201. The second kappa shape index (κ2) is 2.03. The number of sulfone groups is 1. The summed E-state index contributed by atoms with van der Waals surface area (Å²) in [5, 5.41) is 3.84. The molecule has 2 radical (unpaired) electrons. The number of rotatable bonds is 0. The zero-order chi connectivity index (χ0) is 6.04. The maximum Gasteiger partial charge on any atom is 0.157 e. The first-order valence-electron chi connectivity index (χ1n) is 2.40.